The van der Waals surface area contributed by atoms with Crippen LogP contribution in [0.2, 0.25) is 0 Å². The van der Waals surface area contributed by atoms with E-state index < -0.39 is 74.5 Å². The van der Waals surface area contributed by atoms with E-state index in [0.717, 1.165) is 6.54 Å². The zero-order chi connectivity index (χ0) is 47.0. The van der Waals surface area contributed by atoms with Gasteiger partial charge in [0.25, 0.3) is 11.7 Å². The zero-order valence-electron chi connectivity index (χ0n) is 38.0. The molecule has 6 heterocycles. The van der Waals surface area contributed by atoms with Gasteiger partial charge in [0.05, 0.1) is 69.1 Å². The Bertz CT molecular complexity index is 2260. The summed E-state index contributed by atoms with van der Waals surface area (Å²) in [7, 11) is 3.11. The Morgan fingerprint density at radius 2 is 1.72 bits per heavy atom. The molecule has 0 saturated carbocycles. The van der Waals surface area contributed by atoms with Crippen LogP contribution in [0, 0.1) is 24.7 Å². The Morgan fingerprint density at radius 1 is 1.03 bits per heavy atom. The highest BCUT2D eigenvalue weighted by Gasteiger charge is 2.53. The van der Waals surface area contributed by atoms with Crippen LogP contribution in [0.3, 0.4) is 0 Å². The summed E-state index contributed by atoms with van der Waals surface area (Å²) >= 11 is 2.11. The molecule has 64 heavy (non-hydrogen) atoms. The fraction of sp³-hybridized carbons (Fsp3) is 0.565. The van der Waals surface area contributed by atoms with E-state index in [0.29, 0.717) is 32.8 Å². The van der Waals surface area contributed by atoms with Gasteiger partial charge in [-0.25, -0.2) is 0 Å². The Labute approximate surface area is 387 Å². The standard InChI is InChI=1S/C46H61IN4O13/c1-23-12-11-14-45(7)27(5)40(63-45)24(2)36(53)25(3)42(62-28(6)52)34(47)30(60-10)13-20-61-46(8)43(57)33-31-32(37(54)26(4)41(33)64-46)39(56)35(49-44(23)58)29(38(31)55)22-48-51-17-15-50(16-18-51)19-21-59-9/h11-14,20,22,24-25,27,30,34,36,40,42,53-56H,15-19,21H2,1-10H3,(H,49,58)/b14-11+,20-13+,23-12-,48-22+/t24-,25+,27+,30-,34+,36+,40+,42-,45-,46-/m0/s1. The summed E-state index contributed by atoms with van der Waals surface area (Å²) in [4.78, 5) is 43.2. The van der Waals surface area contributed by atoms with Crippen LogP contribution in [-0.4, -0.2) is 147 Å². The van der Waals surface area contributed by atoms with Crippen molar-refractivity contribution in [1.82, 2.24) is 9.91 Å². The molecule has 10 atom stereocenters. The molecule has 2 fully saturated rings. The molecule has 6 aliphatic heterocycles. The number of nitrogens with one attached hydrogen (secondary N) is 1. The first kappa shape index (κ1) is 49.0. The van der Waals surface area contributed by atoms with Crippen molar-refractivity contribution in [1.29, 1.82) is 0 Å². The number of carbonyl (C=O) groups is 3. The number of aromatic hydroxyl groups is 3. The van der Waals surface area contributed by atoms with Gasteiger partial charge in [0.2, 0.25) is 0 Å². The maximum Gasteiger partial charge on any atom is 0.312 e. The van der Waals surface area contributed by atoms with Crippen molar-refractivity contribution >= 4 is 62.9 Å². The average molecular weight is 1000 g/mol. The normalized spacial score (nSPS) is 33.5. The first-order chi connectivity index (χ1) is 30.2. The molecule has 6 aliphatic rings. The van der Waals surface area contributed by atoms with Gasteiger partial charge >= 0.3 is 11.8 Å². The maximum atomic E-state index is 14.6. The van der Waals surface area contributed by atoms with E-state index in [9.17, 15) is 34.8 Å². The molecule has 0 spiro atoms. The second kappa shape index (κ2) is 19.6. The van der Waals surface area contributed by atoms with Crippen LogP contribution in [-0.2, 0) is 33.3 Å². The maximum absolute atomic E-state index is 14.6. The van der Waals surface area contributed by atoms with E-state index in [-0.39, 0.29) is 62.4 Å². The molecular weight excluding hydrogens is 943 g/mol. The van der Waals surface area contributed by atoms with Gasteiger partial charge in [-0.3, -0.25) is 24.3 Å². The van der Waals surface area contributed by atoms with Crippen LogP contribution in [0.4, 0.5) is 5.69 Å². The molecule has 0 unspecified atom stereocenters. The topological polar surface area (TPSA) is 218 Å². The molecule has 7 bridgehead atoms. The van der Waals surface area contributed by atoms with E-state index in [1.54, 1.807) is 38.1 Å². The van der Waals surface area contributed by atoms with Crippen LogP contribution >= 0.6 is 22.6 Å². The van der Waals surface area contributed by atoms with Gasteiger partial charge in [-0.2, -0.15) is 5.10 Å². The van der Waals surface area contributed by atoms with Gasteiger partial charge in [-0.05, 0) is 26.8 Å². The van der Waals surface area contributed by atoms with Gasteiger partial charge in [-0.15, -0.1) is 0 Å². The SMILES string of the molecule is COCCN1CCN(/N=C/c2c3c(O)c4c(O)c(C)c5c(c4c2O)C(=O)[C@@](C)(O/C=C/[C@H](OC)[C@@H](I)[C@@H](OC(C)=O)[C@H](C)[C@H](O)[C@H](C)[C@H]2O[C@@](C)(/C=C/C=C(/C)C(=O)N3)[C@@H]2C)O5)CC1. The monoisotopic (exact) mass is 1000 g/mol. The fourth-order valence-corrected chi connectivity index (χ4v) is 10.2. The number of hydrogen-bond acceptors (Lipinski definition) is 16. The number of esters is 1. The molecule has 5 N–H and O–H groups in total. The number of ketones is 1. The summed E-state index contributed by atoms with van der Waals surface area (Å²) in [5, 5.41) is 56.3. The number of carbonyl (C=O) groups excluding carboxylic acids is 3. The third-order valence-electron chi connectivity index (χ3n) is 13.2. The number of methoxy groups -OCH3 is 2. The molecule has 2 aromatic carbocycles. The lowest BCUT2D eigenvalue weighted by Crippen LogP contribution is -2.61. The molecule has 17 nitrogen and oxygen atoms in total. The van der Waals surface area contributed by atoms with Crippen LogP contribution in [0.5, 0.6) is 23.0 Å². The largest absolute Gasteiger partial charge is 0.507 e. The van der Waals surface area contributed by atoms with Crippen molar-refractivity contribution in [2.45, 2.75) is 95.1 Å². The zero-order valence-corrected chi connectivity index (χ0v) is 40.2. The van der Waals surface area contributed by atoms with Crippen molar-refractivity contribution in [3.63, 3.8) is 0 Å². The number of alkyl halides is 1. The Kier molecular flexibility index (Phi) is 15.0. The minimum absolute atomic E-state index is 0.0609. The number of amides is 1. The highest BCUT2D eigenvalue weighted by atomic mass is 127. The molecule has 1 amide bonds. The number of benzene rings is 2. The summed E-state index contributed by atoms with van der Waals surface area (Å²) in [6.45, 7) is 17.1. The minimum Gasteiger partial charge on any atom is -0.507 e. The lowest BCUT2D eigenvalue weighted by atomic mass is 9.71. The van der Waals surface area contributed by atoms with Crippen LogP contribution in [0.1, 0.15) is 70.0 Å². The average Bonchev–Trinajstić information content (AvgIpc) is 3.53. The van der Waals surface area contributed by atoms with Gasteiger partial charge in [-0.1, -0.05) is 61.6 Å². The number of halogens is 1. The smallest absolute Gasteiger partial charge is 0.312 e. The second-order valence-corrected chi connectivity index (χ2v) is 18.9. The number of anilines is 1. The van der Waals surface area contributed by atoms with E-state index in [1.807, 2.05) is 26.8 Å². The summed E-state index contributed by atoms with van der Waals surface area (Å²) in [5.41, 5.74) is -1.01. The van der Waals surface area contributed by atoms with E-state index >= 15 is 0 Å². The Morgan fingerprint density at radius 3 is 2.34 bits per heavy atom. The number of phenolic OH excluding ortho intramolecular Hbond substituents is 3. The molecule has 0 aliphatic carbocycles. The third kappa shape index (κ3) is 9.31. The van der Waals surface area contributed by atoms with E-state index in [4.69, 9.17) is 28.4 Å². The first-order valence-electron chi connectivity index (χ1n) is 21.4. The molecule has 350 valence electrons. The van der Waals surface area contributed by atoms with E-state index in [1.165, 1.54) is 46.4 Å². The number of hydrazone groups is 1. The van der Waals surface area contributed by atoms with Crippen molar-refractivity contribution < 1.29 is 63.2 Å². The lowest BCUT2D eigenvalue weighted by molar-refractivity contribution is -0.250. The molecule has 18 heteroatoms. The fourth-order valence-electron chi connectivity index (χ4n) is 8.84. The Balaban J connectivity index is 1.48. The number of piperazine rings is 1. The number of rotatable bonds is 7. The number of Topliss-reactive ketones (excluding diaryl/α,β-unsaturated/α-hetero) is 1. The molecular formula is C46H61IN4O13. The summed E-state index contributed by atoms with van der Waals surface area (Å²) in [6.07, 6.45) is 6.22. The Hall–Kier alpha value is -4.47. The molecule has 0 aromatic heterocycles. The van der Waals surface area contributed by atoms with Crippen molar-refractivity contribution in [2.24, 2.45) is 22.9 Å². The number of aliphatic hydroxyl groups is 1. The summed E-state index contributed by atoms with van der Waals surface area (Å²) in [5.74, 6) is -6.80. The number of nitrogens with zero attached hydrogens (tertiary/aromatic N) is 3. The van der Waals surface area contributed by atoms with Gasteiger partial charge in [0.1, 0.15) is 23.4 Å². The highest BCUT2D eigenvalue weighted by Crippen LogP contribution is 2.55. The minimum atomic E-state index is -2.04. The van der Waals surface area contributed by atoms with Gasteiger partial charge in [0, 0.05) is 95.1 Å². The molecule has 8 rings (SSSR count). The van der Waals surface area contributed by atoms with Crippen molar-refractivity contribution in [3.05, 3.63) is 52.8 Å². The predicted molar refractivity (Wildman–Crippen MR) is 247 cm³/mol. The first-order valence-corrected chi connectivity index (χ1v) is 22.7. The van der Waals surface area contributed by atoms with Gasteiger partial charge in [0.15, 0.2) is 5.75 Å². The quantitative estimate of drug-likeness (QED) is 0.0593. The number of phenols is 3. The third-order valence-corrected chi connectivity index (χ3v) is 14.6. The molecule has 0 radical (unpaired) electrons. The van der Waals surface area contributed by atoms with Crippen molar-refractivity contribution in [2.75, 3.05) is 58.9 Å². The van der Waals surface area contributed by atoms with Crippen molar-refractivity contribution in [3.8, 4) is 23.0 Å². The van der Waals surface area contributed by atoms with Crippen LogP contribution in [0.25, 0.3) is 10.8 Å². The predicted octanol–water partition coefficient (Wildman–Crippen LogP) is 5.32. The molecule has 2 saturated heterocycles. The number of ether oxygens (including phenoxy) is 6. The van der Waals surface area contributed by atoms with E-state index in [2.05, 4.69) is 37.9 Å². The number of aliphatic hydroxyl groups excluding tert-OH is 1. The summed E-state index contributed by atoms with van der Waals surface area (Å²) < 4.78 is 34.9. The number of allylic oxidation sites excluding steroid dienone is 2. The molecule has 2 aromatic rings. The number of hydrogen-bond donors (Lipinski definition) is 5. The highest BCUT2D eigenvalue weighted by molar-refractivity contribution is 14.1. The lowest BCUT2D eigenvalue weighted by Gasteiger charge is -2.54. The summed E-state index contributed by atoms with van der Waals surface area (Å²) in [6, 6.07) is 0. The van der Waals surface area contributed by atoms with Gasteiger partial charge < -0.3 is 54.2 Å². The van der Waals surface area contributed by atoms with Crippen LogP contribution < -0.4 is 10.1 Å². The van der Waals surface area contributed by atoms with Crippen LogP contribution in [0.15, 0.2) is 41.2 Å². The second-order valence-electron chi connectivity index (χ2n) is 17.4.